The molecule has 0 aliphatic heterocycles. The van der Waals surface area contributed by atoms with Gasteiger partial charge in [0.1, 0.15) is 6.10 Å². The van der Waals surface area contributed by atoms with Crippen LogP contribution in [0, 0.1) is 0 Å². The van der Waals surface area contributed by atoms with E-state index in [4.69, 9.17) is 4.74 Å². The van der Waals surface area contributed by atoms with Crippen LogP contribution in [0.4, 0.5) is 0 Å². The number of ether oxygens (including phenoxy) is 1. The molecule has 108 valence electrons. The fraction of sp³-hybridized carbons (Fsp3) is 0.0625. The molecule has 0 spiro atoms. The van der Waals surface area contributed by atoms with Gasteiger partial charge < -0.3 is 20.1 Å². The van der Waals surface area contributed by atoms with Gasteiger partial charge in [0.15, 0.2) is 17.2 Å². The Balaban J connectivity index is 2.23. The van der Waals surface area contributed by atoms with Crippen LogP contribution < -0.4 is 0 Å². The molecule has 0 heterocycles. The molecule has 2 aromatic rings. The van der Waals surface area contributed by atoms with Crippen molar-refractivity contribution in [2.75, 3.05) is 0 Å². The highest BCUT2D eigenvalue weighted by atomic mass is 16.5. The first-order chi connectivity index (χ1) is 10.0. The van der Waals surface area contributed by atoms with Crippen LogP contribution in [0.2, 0.25) is 0 Å². The van der Waals surface area contributed by atoms with E-state index in [1.54, 1.807) is 24.3 Å². The van der Waals surface area contributed by atoms with Crippen molar-refractivity contribution < 1.29 is 24.9 Å². The summed E-state index contributed by atoms with van der Waals surface area (Å²) in [7, 11) is 0. The third kappa shape index (κ3) is 3.14. The summed E-state index contributed by atoms with van der Waals surface area (Å²) in [6.07, 6.45) is 0.810. The van der Waals surface area contributed by atoms with Gasteiger partial charge in [-0.05, 0) is 23.8 Å². The molecule has 0 amide bonds. The minimum atomic E-state index is -0.755. The lowest BCUT2D eigenvalue weighted by Gasteiger charge is -2.14. The van der Waals surface area contributed by atoms with Gasteiger partial charge in [0.05, 0.1) is 5.56 Å². The molecular formula is C16H14O5. The number of hydrogen-bond donors (Lipinski definition) is 3. The van der Waals surface area contributed by atoms with Gasteiger partial charge in [0, 0.05) is 0 Å². The third-order valence-electron chi connectivity index (χ3n) is 2.88. The van der Waals surface area contributed by atoms with Crippen LogP contribution >= 0.6 is 0 Å². The van der Waals surface area contributed by atoms with Gasteiger partial charge in [-0.15, -0.1) is 0 Å². The van der Waals surface area contributed by atoms with E-state index in [0.717, 1.165) is 17.7 Å². The molecule has 0 bridgehead atoms. The second-order valence-electron chi connectivity index (χ2n) is 4.34. The number of aromatic hydroxyl groups is 3. The molecule has 21 heavy (non-hydrogen) atoms. The molecule has 0 aliphatic carbocycles. The van der Waals surface area contributed by atoms with E-state index in [1.165, 1.54) is 6.08 Å². The molecule has 1 unspecified atom stereocenters. The highest BCUT2D eigenvalue weighted by Gasteiger charge is 2.18. The fourth-order valence-corrected chi connectivity index (χ4v) is 1.80. The molecule has 0 fully saturated rings. The van der Waals surface area contributed by atoms with Crippen LogP contribution in [0.5, 0.6) is 17.2 Å². The molecule has 2 rings (SSSR count). The summed E-state index contributed by atoms with van der Waals surface area (Å²) < 4.78 is 5.26. The number of benzene rings is 2. The second kappa shape index (κ2) is 6.00. The van der Waals surface area contributed by atoms with Crippen molar-refractivity contribution in [3.8, 4) is 17.2 Å². The number of phenols is 3. The zero-order valence-electron chi connectivity index (χ0n) is 11.1. The molecular weight excluding hydrogens is 272 g/mol. The predicted molar refractivity (Wildman–Crippen MR) is 76.2 cm³/mol. The van der Waals surface area contributed by atoms with E-state index in [-0.39, 0.29) is 5.56 Å². The van der Waals surface area contributed by atoms with Crippen LogP contribution in [0.3, 0.4) is 0 Å². The van der Waals surface area contributed by atoms with E-state index in [0.29, 0.717) is 0 Å². The van der Waals surface area contributed by atoms with E-state index in [9.17, 15) is 20.1 Å². The summed E-state index contributed by atoms with van der Waals surface area (Å²) in [5, 5.41) is 28.1. The highest BCUT2D eigenvalue weighted by molar-refractivity contribution is 5.91. The minimum absolute atomic E-state index is 0.0782. The van der Waals surface area contributed by atoms with Crippen molar-refractivity contribution in [1.82, 2.24) is 0 Å². The summed E-state index contributed by atoms with van der Waals surface area (Å²) in [6.45, 7) is 3.62. The Hall–Kier alpha value is -2.95. The first-order valence-corrected chi connectivity index (χ1v) is 6.16. The van der Waals surface area contributed by atoms with Gasteiger partial charge in [-0.1, -0.05) is 36.9 Å². The Morgan fingerprint density at radius 2 is 1.67 bits per heavy atom. The quantitative estimate of drug-likeness (QED) is 0.457. The lowest BCUT2D eigenvalue weighted by Crippen LogP contribution is -2.10. The summed E-state index contributed by atoms with van der Waals surface area (Å²) in [6, 6.07) is 11.0. The van der Waals surface area contributed by atoms with Crippen LogP contribution in [0.1, 0.15) is 22.0 Å². The Labute approximate surface area is 121 Å². The van der Waals surface area contributed by atoms with Gasteiger partial charge in [0.2, 0.25) is 0 Å². The summed E-state index contributed by atoms with van der Waals surface area (Å²) in [4.78, 5) is 12.0. The average molecular weight is 286 g/mol. The van der Waals surface area contributed by atoms with Crippen molar-refractivity contribution in [3.05, 3.63) is 66.2 Å². The molecule has 5 nitrogen and oxygen atoms in total. The van der Waals surface area contributed by atoms with Crippen molar-refractivity contribution in [3.63, 3.8) is 0 Å². The van der Waals surface area contributed by atoms with Gasteiger partial charge in [-0.3, -0.25) is 0 Å². The number of phenolic OH excluding ortho intramolecular Hbond substituents is 3. The zero-order chi connectivity index (χ0) is 15.4. The maximum absolute atomic E-state index is 12.0. The number of esters is 1. The van der Waals surface area contributed by atoms with E-state index in [1.807, 2.05) is 6.07 Å². The third-order valence-corrected chi connectivity index (χ3v) is 2.88. The Morgan fingerprint density at radius 1 is 1.10 bits per heavy atom. The number of carbonyl (C=O) groups excluding carboxylic acids is 1. The molecule has 1 atom stereocenters. The molecule has 0 aromatic heterocycles. The largest absolute Gasteiger partial charge is 0.504 e. The smallest absolute Gasteiger partial charge is 0.339 e. The summed E-state index contributed by atoms with van der Waals surface area (Å²) in [5.41, 5.74) is 0.665. The lowest BCUT2D eigenvalue weighted by molar-refractivity contribution is 0.0391. The van der Waals surface area contributed by atoms with Crippen molar-refractivity contribution in [2.24, 2.45) is 0 Å². The van der Waals surface area contributed by atoms with Crippen LogP contribution in [-0.4, -0.2) is 21.3 Å². The second-order valence-corrected chi connectivity index (χ2v) is 4.34. The number of hydrogen-bond acceptors (Lipinski definition) is 5. The monoisotopic (exact) mass is 286 g/mol. The zero-order valence-corrected chi connectivity index (χ0v) is 11.1. The molecule has 0 saturated heterocycles. The Bertz CT molecular complexity index is 641. The summed E-state index contributed by atoms with van der Waals surface area (Å²) in [5.74, 6) is -2.64. The van der Waals surface area contributed by atoms with Gasteiger partial charge >= 0.3 is 5.97 Å². The van der Waals surface area contributed by atoms with E-state index in [2.05, 4.69) is 6.58 Å². The predicted octanol–water partition coefficient (Wildman–Crippen LogP) is 2.89. The average Bonchev–Trinajstić information content (AvgIpc) is 2.50. The Kier molecular flexibility index (Phi) is 4.13. The van der Waals surface area contributed by atoms with E-state index >= 15 is 0 Å². The first kappa shape index (κ1) is 14.5. The highest BCUT2D eigenvalue weighted by Crippen LogP contribution is 2.36. The number of rotatable bonds is 4. The SMILES string of the molecule is C=CC(OC(=O)c1cc(O)c(O)c(O)c1)c1ccccc1. The Morgan fingerprint density at radius 3 is 2.19 bits per heavy atom. The molecule has 2 aromatic carbocycles. The lowest BCUT2D eigenvalue weighted by atomic mass is 10.1. The van der Waals surface area contributed by atoms with Gasteiger partial charge in [0.25, 0.3) is 0 Å². The molecule has 0 saturated carbocycles. The van der Waals surface area contributed by atoms with Crippen molar-refractivity contribution >= 4 is 5.97 Å². The fourth-order valence-electron chi connectivity index (χ4n) is 1.80. The molecule has 0 aliphatic rings. The minimum Gasteiger partial charge on any atom is -0.504 e. The summed E-state index contributed by atoms with van der Waals surface area (Å²) >= 11 is 0. The van der Waals surface area contributed by atoms with Crippen LogP contribution in [0.15, 0.2) is 55.1 Å². The van der Waals surface area contributed by atoms with Gasteiger partial charge in [-0.25, -0.2) is 4.79 Å². The maximum Gasteiger partial charge on any atom is 0.339 e. The maximum atomic E-state index is 12.0. The topological polar surface area (TPSA) is 87.0 Å². The van der Waals surface area contributed by atoms with Crippen LogP contribution in [0.25, 0.3) is 0 Å². The molecule has 0 radical (unpaired) electrons. The van der Waals surface area contributed by atoms with Gasteiger partial charge in [-0.2, -0.15) is 0 Å². The van der Waals surface area contributed by atoms with E-state index < -0.39 is 29.3 Å². The van der Waals surface area contributed by atoms with Crippen molar-refractivity contribution in [2.45, 2.75) is 6.10 Å². The van der Waals surface area contributed by atoms with Crippen molar-refractivity contribution in [1.29, 1.82) is 0 Å². The number of carbonyl (C=O) groups is 1. The molecule has 5 heteroatoms. The normalized spacial score (nSPS) is 11.6. The molecule has 3 N–H and O–H groups in total. The standard InChI is InChI=1S/C16H14O5/c1-2-14(10-6-4-3-5-7-10)21-16(20)11-8-12(17)15(19)13(18)9-11/h2-9,14,17-19H,1H2. The van der Waals surface area contributed by atoms with Crippen LogP contribution in [-0.2, 0) is 4.74 Å². The first-order valence-electron chi connectivity index (χ1n) is 6.16.